The molecule has 7 rings (SSSR count). The molecular formula is C37H34N6O3S. The highest BCUT2D eigenvalue weighted by molar-refractivity contribution is 7.99. The standard InChI is InChI=1S/C37H34N6O3S/c1-2-42-34(28-17-19-29(20-18-28)43-35(45)30-15-9-10-16-31(30)36(43)46)38-39-37(42)47-25-32(44)40-21-23-41(24-22-40)33(26-11-5-3-6-12-26)27-13-7-4-8-14-27/h3-20,33H,2,21-25H2,1H3. The molecule has 1 aromatic heterocycles. The van der Waals surface area contributed by atoms with Crippen LogP contribution in [0.15, 0.2) is 114 Å². The summed E-state index contributed by atoms with van der Waals surface area (Å²) in [5, 5.41) is 9.52. The van der Waals surface area contributed by atoms with Crippen LogP contribution < -0.4 is 4.90 Å². The van der Waals surface area contributed by atoms with E-state index >= 15 is 0 Å². The molecular weight excluding hydrogens is 609 g/mol. The summed E-state index contributed by atoms with van der Waals surface area (Å²) in [5.41, 5.74) is 4.63. The Hall–Kier alpha value is -5.06. The third-order valence-electron chi connectivity index (χ3n) is 8.80. The Labute approximate surface area is 277 Å². The fourth-order valence-corrected chi connectivity index (χ4v) is 7.31. The summed E-state index contributed by atoms with van der Waals surface area (Å²) in [6.07, 6.45) is 0. The molecule has 1 saturated heterocycles. The number of benzene rings is 4. The van der Waals surface area contributed by atoms with E-state index < -0.39 is 0 Å². The lowest BCUT2D eigenvalue weighted by molar-refractivity contribution is -0.130. The zero-order chi connectivity index (χ0) is 32.3. The van der Waals surface area contributed by atoms with Crippen LogP contribution in [0.3, 0.4) is 0 Å². The van der Waals surface area contributed by atoms with Crippen molar-refractivity contribution in [2.75, 3.05) is 36.8 Å². The molecule has 47 heavy (non-hydrogen) atoms. The highest BCUT2D eigenvalue weighted by Gasteiger charge is 2.36. The molecule has 0 radical (unpaired) electrons. The summed E-state index contributed by atoms with van der Waals surface area (Å²) < 4.78 is 1.98. The molecule has 9 nitrogen and oxygen atoms in total. The lowest BCUT2D eigenvalue weighted by Crippen LogP contribution is -2.50. The molecule has 0 aliphatic carbocycles. The molecule has 1 fully saturated rings. The normalized spacial score (nSPS) is 15.0. The molecule has 0 unspecified atom stereocenters. The fraction of sp³-hybridized carbons (Fsp3) is 0.216. The van der Waals surface area contributed by atoms with E-state index in [0.717, 1.165) is 18.7 Å². The average molecular weight is 643 g/mol. The van der Waals surface area contributed by atoms with Gasteiger partial charge in [0.15, 0.2) is 11.0 Å². The summed E-state index contributed by atoms with van der Waals surface area (Å²) in [7, 11) is 0. The number of aromatic nitrogens is 3. The second kappa shape index (κ2) is 13.4. The molecule has 4 aromatic carbocycles. The van der Waals surface area contributed by atoms with Crippen molar-refractivity contribution in [2.24, 2.45) is 0 Å². The number of hydrogen-bond donors (Lipinski definition) is 0. The number of hydrogen-bond acceptors (Lipinski definition) is 7. The van der Waals surface area contributed by atoms with Gasteiger partial charge in [-0.15, -0.1) is 10.2 Å². The summed E-state index contributed by atoms with van der Waals surface area (Å²) in [4.78, 5) is 44.8. The van der Waals surface area contributed by atoms with Crippen LogP contribution in [0.25, 0.3) is 11.4 Å². The van der Waals surface area contributed by atoms with Crippen LogP contribution in [-0.2, 0) is 11.3 Å². The molecule has 2 aliphatic rings. The van der Waals surface area contributed by atoms with Crippen molar-refractivity contribution in [2.45, 2.75) is 24.7 Å². The van der Waals surface area contributed by atoms with Gasteiger partial charge in [0.25, 0.3) is 11.8 Å². The van der Waals surface area contributed by atoms with Gasteiger partial charge in [0.2, 0.25) is 5.91 Å². The topological polar surface area (TPSA) is 91.6 Å². The van der Waals surface area contributed by atoms with Crippen LogP contribution in [0.4, 0.5) is 5.69 Å². The molecule has 0 bridgehead atoms. The summed E-state index contributed by atoms with van der Waals surface area (Å²) >= 11 is 1.39. The van der Waals surface area contributed by atoms with Gasteiger partial charge in [-0.3, -0.25) is 19.3 Å². The smallest absolute Gasteiger partial charge is 0.266 e. The largest absolute Gasteiger partial charge is 0.339 e. The molecule has 0 spiro atoms. The molecule has 236 valence electrons. The maximum absolute atomic E-state index is 13.3. The van der Waals surface area contributed by atoms with E-state index in [0.29, 0.717) is 47.4 Å². The maximum atomic E-state index is 13.3. The lowest BCUT2D eigenvalue weighted by Gasteiger charge is -2.39. The van der Waals surface area contributed by atoms with E-state index in [1.165, 1.54) is 27.8 Å². The number of nitrogens with zero attached hydrogens (tertiary/aromatic N) is 6. The molecule has 0 atom stereocenters. The van der Waals surface area contributed by atoms with Crippen LogP contribution in [0, 0.1) is 0 Å². The minimum atomic E-state index is -0.327. The van der Waals surface area contributed by atoms with Gasteiger partial charge >= 0.3 is 0 Å². The van der Waals surface area contributed by atoms with Crippen LogP contribution in [0.5, 0.6) is 0 Å². The van der Waals surface area contributed by atoms with Crippen molar-refractivity contribution in [1.29, 1.82) is 0 Å². The van der Waals surface area contributed by atoms with Gasteiger partial charge < -0.3 is 9.47 Å². The Kier molecular flexibility index (Phi) is 8.69. The first kappa shape index (κ1) is 30.6. The molecule has 3 heterocycles. The molecule has 0 N–H and O–H groups in total. The van der Waals surface area contributed by atoms with E-state index in [1.54, 1.807) is 36.4 Å². The minimum absolute atomic E-state index is 0.0862. The van der Waals surface area contributed by atoms with Crippen molar-refractivity contribution >= 4 is 35.2 Å². The third kappa shape index (κ3) is 5.97. The highest BCUT2D eigenvalue weighted by Crippen LogP contribution is 2.32. The molecule has 10 heteroatoms. The predicted molar refractivity (Wildman–Crippen MR) is 182 cm³/mol. The number of carbonyl (C=O) groups excluding carboxylic acids is 3. The monoisotopic (exact) mass is 642 g/mol. The van der Waals surface area contributed by atoms with Crippen LogP contribution in [0.2, 0.25) is 0 Å². The second-order valence-electron chi connectivity index (χ2n) is 11.5. The van der Waals surface area contributed by atoms with Crippen LogP contribution in [-0.4, -0.2) is 74.2 Å². The van der Waals surface area contributed by atoms with Crippen LogP contribution in [0.1, 0.15) is 44.8 Å². The Balaban J connectivity index is 0.986. The Morgan fingerprint density at radius 3 is 1.83 bits per heavy atom. The maximum Gasteiger partial charge on any atom is 0.266 e. The molecule has 3 amide bonds. The van der Waals surface area contributed by atoms with Crippen molar-refractivity contribution in [3.8, 4) is 11.4 Å². The van der Waals surface area contributed by atoms with Gasteiger partial charge in [0.1, 0.15) is 0 Å². The SMILES string of the molecule is CCn1c(SCC(=O)N2CCN(C(c3ccccc3)c3ccccc3)CC2)nnc1-c1ccc(N2C(=O)c3ccccc3C2=O)cc1. The molecule has 2 aliphatic heterocycles. The number of anilines is 1. The van der Waals surface area contributed by atoms with E-state index in [-0.39, 0.29) is 29.5 Å². The first-order valence-corrected chi connectivity index (χ1v) is 16.8. The summed E-state index contributed by atoms with van der Waals surface area (Å²) in [5.74, 6) is 0.373. The summed E-state index contributed by atoms with van der Waals surface area (Å²) in [6.45, 7) is 5.55. The number of amides is 3. The highest BCUT2D eigenvalue weighted by atomic mass is 32.2. The van der Waals surface area contributed by atoms with Gasteiger partial charge in [-0.25, -0.2) is 4.90 Å². The third-order valence-corrected chi connectivity index (χ3v) is 9.75. The van der Waals surface area contributed by atoms with Crippen molar-refractivity contribution in [1.82, 2.24) is 24.6 Å². The Morgan fingerprint density at radius 2 is 1.28 bits per heavy atom. The van der Waals surface area contributed by atoms with Gasteiger partial charge in [-0.2, -0.15) is 0 Å². The molecule has 5 aromatic rings. The van der Waals surface area contributed by atoms with E-state index in [4.69, 9.17) is 0 Å². The van der Waals surface area contributed by atoms with Crippen molar-refractivity contribution in [3.63, 3.8) is 0 Å². The average Bonchev–Trinajstić information content (AvgIpc) is 3.66. The van der Waals surface area contributed by atoms with E-state index in [9.17, 15) is 14.4 Å². The number of rotatable bonds is 9. The first-order valence-electron chi connectivity index (χ1n) is 15.8. The Bertz CT molecular complexity index is 1830. The van der Waals surface area contributed by atoms with E-state index in [2.05, 4.69) is 63.6 Å². The van der Waals surface area contributed by atoms with Gasteiger partial charge in [-0.05, 0) is 54.4 Å². The second-order valence-corrected chi connectivity index (χ2v) is 12.5. The minimum Gasteiger partial charge on any atom is -0.339 e. The van der Waals surface area contributed by atoms with Gasteiger partial charge in [0, 0.05) is 38.3 Å². The summed E-state index contributed by atoms with van der Waals surface area (Å²) in [6, 6.07) is 35.3. The molecule has 0 saturated carbocycles. The fourth-order valence-electron chi connectivity index (χ4n) is 6.41. The quantitative estimate of drug-likeness (QED) is 0.149. The number of thioether (sulfide) groups is 1. The Morgan fingerprint density at radius 1 is 0.723 bits per heavy atom. The van der Waals surface area contributed by atoms with Crippen LogP contribution >= 0.6 is 11.8 Å². The zero-order valence-corrected chi connectivity index (χ0v) is 26.8. The van der Waals surface area contributed by atoms with Gasteiger partial charge in [-0.1, -0.05) is 84.6 Å². The van der Waals surface area contributed by atoms with Gasteiger partial charge in [0.05, 0.1) is 28.6 Å². The number of carbonyl (C=O) groups is 3. The predicted octanol–water partition coefficient (Wildman–Crippen LogP) is 5.79. The zero-order valence-electron chi connectivity index (χ0n) is 26.0. The first-order chi connectivity index (χ1) is 23.0. The van der Waals surface area contributed by atoms with Crippen molar-refractivity contribution in [3.05, 3.63) is 131 Å². The lowest BCUT2D eigenvalue weighted by atomic mass is 9.96. The number of fused-ring (bicyclic) bond motifs is 1. The van der Waals surface area contributed by atoms with Crippen molar-refractivity contribution < 1.29 is 14.4 Å². The number of piperazine rings is 1. The number of imide groups is 1. The van der Waals surface area contributed by atoms with E-state index in [1.807, 2.05) is 40.7 Å².